The van der Waals surface area contributed by atoms with Crippen molar-refractivity contribution in [2.75, 3.05) is 18.8 Å². The molecule has 1 unspecified atom stereocenters. The van der Waals surface area contributed by atoms with Gasteiger partial charge in [-0.05, 0) is 30.2 Å². The molecule has 0 aliphatic carbocycles. The average molecular weight is 317 g/mol. The highest BCUT2D eigenvalue weighted by atomic mass is 19.1. The van der Waals surface area contributed by atoms with Gasteiger partial charge in [0.05, 0.1) is 5.69 Å². The largest absolute Gasteiger partial charge is 0.383 e. The van der Waals surface area contributed by atoms with Gasteiger partial charge in [-0.1, -0.05) is 12.1 Å². The van der Waals surface area contributed by atoms with Crippen LogP contribution in [0, 0.1) is 0 Å². The van der Waals surface area contributed by atoms with E-state index in [1.165, 1.54) is 4.57 Å². The van der Waals surface area contributed by atoms with Gasteiger partial charge in [0, 0.05) is 31.9 Å². The number of likely N-dealkylation sites (tertiary alicyclic amines) is 1. The molecule has 4 N–H and O–H groups in total. The number of hydrogen-bond donors (Lipinski definition) is 2. The van der Waals surface area contributed by atoms with E-state index in [0.29, 0.717) is 19.5 Å². The quantitative estimate of drug-likeness (QED) is 0.869. The first-order chi connectivity index (χ1) is 11.0. The fourth-order valence-corrected chi connectivity index (χ4v) is 2.76. The molecule has 3 rings (SSSR count). The first kappa shape index (κ1) is 15.6. The molecule has 1 aromatic carbocycles. The van der Waals surface area contributed by atoms with E-state index in [2.05, 4.69) is 9.88 Å². The number of nitrogens with zero attached hydrogens (tertiary/aromatic N) is 3. The summed E-state index contributed by atoms with van der Waals surface area (Å²) in [5, 5.41) is 0. The second kappa shape index (κ2) is 6.47. The number of aromatic nitrogens is 2. The molecule has 7 heteroatoms. The Bertz CT molecular complexity index is 730. The van der Waals surface area contributed by atoms with Crippen LogP contribution in [0.1, 0.15) is 12.0 Å². The predicted octanol–water partition coefficient (Wildman–Crippen LogP) is 0.686. The summed E-state index contributed by atoms with van der Waals surface area (Å²) in [5.41, 5.74) is 12.5. The van der Waals surface area contributed by atoms with E-state index in [1.807, 2.05) is 24.3 Å². The lowest BCUT2D eigenvalue weighted by molar-refractivity contribution is 0.114. The normalized spacial score (nSPS) is 22.2. The Labute approximate surface area is 133 Å². The highest BCUT2D eigenvalue weighted by Crippen LogP contribution is 2.16. The Kier molecular flexibility index (Phi) is 4.40. The maximum atomic E-state index is 13.7. The lowest BCUT2D eigenvalue weighted by atomic mass is 10.0. The van der Waals surface area contributed by atoms with E-state index in [4.69, 9.17) is 11.5 Å². The zero-order valence-electron chi connectivity index (χ0n) is 12.7. The van der Waals surface area contributed by atoms with Crippen molar-refractivity contribution in [1.82, 2.24) is 14.5 Å². The second-order valence-corrected chi connectivity index (χ2v) is 5.88. The third-order valence-electron chi connectivity index (χ3n) is 4.12. The molecule has 2 aromatic rings. The predicted molar refractivity (Wildman–Crippen MR) is 87.0 cm³/mol. The molecule has 1 aliphatic heterocycles. The average Bonchev–Trinajstić information content (AvgIpc) is 2.52. The molecule has 122 valence electrons. The number of benzene rings is 1. The molecule has 0 saturated carbocycles. The molecule has 1 aromatic heterocycles. The van der Waals surface area contributed by atoms with Crippen molar-refractivity contribution in [3.8, 4) is 5.69 Å². The molecule has 2 heterocycles. The van der Waals surface area contributed by atoms with Gasteiger partial charge in [0.1, 0.15) is 12.0 Å². The number of rotatable bonds is 3. The van der Waals surface area contributed by atoms with Crippen molar-refractivity contribution in [3.05, 3.63) is 52.6 Å². The molecule has 1 fully saturated rings. The number of anilines is 1. The lowest BCUT2D eigenvalue weighted by Crippen LogP contribution is -2.48. The van der Waals surface area contributed by atoms with Gasteiger partial charge in [0.2, 0.25) is 0 Å². The van der Waals surface area contributed by atoms with E-state index < -0.39 is 11.9 Å². The summed E-state index contributed by atoms with van der Waals surface area (Å²) in [7, 11) is 0. The monoisotopic (exact) mass is 317 g/mol. The summed E-state index contributed by atoms with van der Waals surface area (Å²) in [5.74, 6) is 0.201. The van der Waals surface area contributed by atoms with Gasteiger partial charge in [-0.25, -0.2) is 9.18 Å². The van der Waals surface area contributed by atoms with Crippen molar-refractivity contribution in [3.63, 3.8) is 0 Å². The Morgan fingerprint density at radius 1 is 1.26 bits per heavy atom. The van der Waals surface area contributed by atoms with Gasteiger partial charge in [-0.2, -0.15) is 4.98 Å². The van der Waals surface area contributed by atoms with E-state index in [0.717, 1.165) is 17.8 Å². The first-order valence-electron chi connectivity index (χ1n) is 7.59. The molecule has 0 amide bonds. The minimum atomic E-state index is -0.970. The van der Waals surface area contributed by atoms with Gasteiger partial charge in [-0.15, -0.1) is 0 Å². The van der Waals surface area contributed by atoms with Crippen LogP contribution in [0.3, 0.4) is 0 Å². The summed E-state index contributed by atoms with van der Waals surface area (Å²) in [4.78, 5) is 17.6. The van der Waals surface area contributed by atoms with Crippen LogP contribution in [0.2, 0.25) is 0 Å². The molecule has 2 atom stereocenters. The van der Waals surface area contributed by atoms with Crippen molar-refractivity contribution in [2.24, 2.45) is 5.73 Å². The van der Waals surface area contributed by atoms with Crippen molar-refractivity contribution >= 4 is 5.82 Å². The van der Waals surface area contributed by atoms with Crippen molar-refractivity contribution in [2.45, 2.75) is 25.2 Å². The van der Waals surface area contributed by atoms with Crippen LogP contribution in [0.25, 0.3) is 5.69 Å². The topological polar surface area (TPSA) is 90.2 Å². The maximum Gasteiger partial charge on any atom is 0.354 e. The fourth-order valence-electron chi connectivity index (χ4n) is 2.76. The van der Waals surface area contributed by atoms with Crippen LogP contribution < -0.4 is 17.2 Å². The number of hydrogen-bond acceptors (Lipinski definition) is 5. The van der Waals surface area contributed by atoms with Crippen molar-refractivity contribution in [1.29, 1.82) is 0 Å². The van der Waals surface area contributed by atoms with Gasteiger partial charge in [0.25, 0.3) is 0 Å². The SMILES string of the molecule is Nc1ccn(-c2ccc(CN3CC[C@H](N)C(F)C3)cc2)c(=O)n1. The smallest absolute Gasteiger partial charge is 0.354 e. The highest BCUT2D eigenvalue weighted by Gasteiger charge is 2.26. The summed E-state index contributed by atoms with van der Waals surface area (Å²) < 4.78 is 15.1. The summed E-state index contributed by atoms with van der Waals surface area (Å²) in [6, 6.07) is 8.78. The molecule has 0 radical (unpaired) electrons. The number of piperidine rings is 1. The van der Waals surface area contributed by atoms with Crippen LogP contribution in [0.15, 0.2) is 41.3 Å². The van der Waals surface area contributed by atoms with E-state index in [9.17, 15) is 9.18 Å². The zero-order chi connectivity index (χ0) is 16.4. The first-order valence-corrected chi connectivity index (χ1v) is 7.59. The number of halogens is 1. The molecule has 6 nitrogen and oxygen atoms in total. The minimum Gasteiger partial charge on any atom is -0.383 e. The van der Waals surface area contributed by atoms with Crippen molar-refractivity contribution < 1.29 is 4.39 Å². The summed E-state index contributed by atoms with van der Waals surface area (Å²) in [6.07, 6.45) is 1.30. The summed E-state index contributed by atoms with van der Waals surface area (Å²) in [6.45, 7) is 1.83. The third kappa shape index (κ3) is 3.57. The number of nitrogen functional groups attached to an aromatic ring is 1. The fraction of sp³-hybridized carbons (Fsp3) is 0.375. The van der Waals surface area contributed by atoms with E-state index >= 15 is 0 Å². The second-order valence-electron chi connectivity index (χ2n) is 5.88. The van der Waals surface area contributed by atoms with Crippen LogP contribution >= 0.6 is 0 Å². The Hall–Kier alpha value is -2.25. The molecular weight excluding hydrogens is 297 g/mol. The van der Waals surface area contributed by atoms with Crippen LogP contribution in [-0.4, -0.2) is 39.8 Å². The van der Waals surface area contributed by atoms with Gasteiger partial charge < -0.3 is 11.5 Å². The Balaban J connectivity index is 1.71. The zero-order valence-corrected chi connectivity index (χ0v) is 12.7. The maximum absolute atomic E-state index is 13.7. The van der Waals surface area contributed by atoms with Gasteiger partial charge in [-0.3, -0.25) is 9.47 Å². The van der Waals surface area contributed by atoms with Crippen LogP contribution in [0.5, 0.6) is 0 Å². The Morgan fingerprint density at radius 3 is 2.65 bits per heavy atom. The molecule has 1 saturated heterocycles. The number of nitrogens with two attached hydrogens (primary N) is 2. The van der Waals surface area contributed by atoms with Gasteiger partial charge in [0.15, 0.2) is 0 Å². The molecule has 23 heavy (non-hydrogen) atoms. The van der Waals surface area contributed by atoms with E-state index in [-0.39, 0.29) is 11.9 Å². The van der Waals surface area contributed by atoms with Crippen LogP contribution in [0.4, 0.5) is 10.2 Å². The third-order valence-corrected chi connectivity index (χ3v) is 4.12. The molecule has 0 spiro atoms. The standard InChI is InChI=1S/C16H20FN5O/c17-13-10-21(7-5-14(13)18)9-11-1-3-12(4-2-11)22-8-6-15(19)20-16(22)23/h1-4,6,8,13-14H,5,7,9-10,18H2,(H2,19,20,23)/t13?,14-/m0/s1. The number of alkyl halides is 1. The highest BCUT2D eigenvalue weighted by molar-refractivity contribution is 5.36. The molecule has 1 aliphatic rings. The van der Waals surface area contributed by atoms with E-state index in [1.54, 1.807) is 12.3 Å². The summed E-state index contributed by atoms with van der Waals surface area (Å²) >= 11 is 0. The minimum absolute atomic E-state index is 0.201. The van der Waals surface area contributed by atoms with Crippen LogP contribution in [-0.2, 0) is 6.54 Å². The lowest BCUT2D eigenvalue weighted by Gasteiger charge is -2.32. The molecule has 0 bridgehead atoms. The molecular formula is C16H20FN5O. The van der Waals surface area contributed by atoms with Gasteiger partial charge >= 0.3 is 5.69 Å². The Morgan fingerprint density at radius 2 is 2.00 bits per heavy atom.